The molecule has 2 aromatic rings. The van der Waals surface area contributed by atoms with Gasteiger partial charge >= 0.3 is 0 Å². The topological polar surface area (TPSA) is 46.6 Å². The number of ether oxygens (including phenoxy) is 1. The molecule has 0 amide bonds. The van der Waals surface area contributed by atoms with Gasteiger partial charge in [0, 0.05) is 6.54 Å². The SMILES string of the molecule is Cc1ccccc1S(=O)(=O)N1CC(Cc2ccccc2)OCC1(C)C. The van der Waals surface area contributed by atoms with E-state index in [2.05, 4.69) is 0 Å². The van der Waals surface area contributed by atoms with Crippen molar-refractivity contribution in [3.63, 3.8) is 0 Å². The molecule has 0 aliphatic carbocycles. The molecule has 0 spiro atoms. The number of nitrogens with zero attached hydrogens (tertiary/aromatic N) is 1. The molecule has 5 heteroatoms. The number of rotatable bonds is 4. The number of sulfonamides is 1. The Labute approximate surface area is 150 Å². The summed E-state index contributed by atoms with van der Waals surface area (Å²) in [7, 11) is -3.57. The summed E-state index contributed by atoms with van der Waals surface area (Å²) in [6, 6.07) is 17.2. The summed E-state index contributed by atoms with van der Waals surface area (Å²) in [6.07, 6.45) is 0.561. The van der Waals surface area contributed by atoms with E-state index in [9.17, 15) is 8.42 Å². The van der Waals surface area contributed by atoms with E-state index in [-0.39, 0.29) is 6.10 Å². The largest absolute Gasteiger partial charge is 0.375 e. The molecule has 4 nitrogen and oxygen atoms in total. The van der Waals surface area contributed by atoms with Gasteiger partial charge in [0.1, 0.15) is 0 Å². The summed E-state index contributed by atoms with van der Waals surface area (Å²) >= 11 is 0. The monoisotopic (exact) mass is 359 g/mol. The lowest BCUT2D eigenvalue weighted by atomic mass is 10.0. The summed E-state index contributed by atoms with van der Waals surface area (Å²) < 4.78 is 34.2. The molecule has 1 aliphatic rings. The highest BCUT2D eigenvalue weighted by Crippen LogP contribution is 2.31. The molecule has 0 N–H and O–H groups in total. The van der Waals surface area contributed by atoms with Crippen molar-refractivity contribution in [1.82, 2.24) is 4.31 Å². The molecular formula is C20H25NO3S. The number of benzene rings is 2. The Balaban J connectivity index is 1.88. The fourth-order valence-corrected chi connectivity index (χ4v) is 5.30. The van der Waals surface area contributed by atoms with Crippen LogP contribution >= 0.6 is 0 Å². The second-order valence-corrected chi connectivity index (χ2v) is 9.07. The molecule has 0 aromatic heterocycles. The molecule has 1 unspecified atom stereocenters. The van der Waals surface area contributed by atoms with Crippen LogP contribution in [0.25, 0.3) is 0 Å². The van der Waals surface area contributed by atoms with Gasteiger partial charge in [-0.3, -0.25) is 0 Å². The third-order valence-corrected chi connectivity index (χ3v) is 6.92. The first kappa shape index (κ1) is 18.1. The van der Waals surface area contributed by atoms with Crippen LogP contribution in [0.3, 0.4) is 0 Å². The summed E-state index contributed by atoms with van der Waals surface area (Å²) in [5, 5.41) is 0. The molecule has 0 bridgehead atoms. The van der Waals surface area contributed by atoms with Gasteiger partial charge in [-0.15, -0.1) is 0 Å². The van der Waals surface area contributed by atoms with E-state index < -0.39 is 15.6 Å². The molecule has 1 aliphatic heterocycles. The van der Waals surface area contributed by atoms with Gasteiger partial charge in [0.2, 0.25) is 10.0 Å². The van der Waals surface area contributed by atoms with Crippen molar-refractivity contribution >= 4 is 10.0 Å². The fraction of sp³-hybridized carbons (Fsp3) is 0.400. The summed E-state index contributed by atoms with van der Waals surface area (Å²) in [5.74, 6) is 0. The quantitative estimate of drug-likeness (QED) is 0.840. The highest BCUT2D eigenvalue weighted by molar-refractivity contribution is 7.89. The average molecular weight is 359 g/mol. The van der Waals surface area contributed by atoms with Crippen LogP contribution in [0.1, 0.15) is 25.0 Å². The normalized spacial score (nSPS) is 21.2. The lowest BCUT2D eigenvalue weighted by Crippen LogP contribution is -2.58. The zero-order chi connectivity index (χ0) is 18.1. The van der Waals surface area contributed by atoms with Crippen molar-refractivity contribution in [2.75, 3.05) is 13.2 Å². The van der Waals surface area contributed by atoms with Crippen molar-refractivity contribution < 1.29 is 13.2 Å². The van der Waals surface area contributed by atoms with Gasteiger partial charge in [-0.1, -0.05) is 48.5 Å². The van der Waals surface area contributed by atoms with Gasteiger partial charge in [-0.2, -0.15) is 4.31 Å². The van der Waals surface area contributed by atoms with Crippen molar-refractivity contribution in [2.24, 2.45) is 0 Å². The first-order chi connectivity index (χ1) is 11.8. The Morgan fingerprint density at radius 3 is 2.40 bits per heavy atom. The third-order valence-electron chi connectivity index (χ3n) is 4.68. The van der Waals surface area contributed by atoms with Gasteiger partial charge in [-0.25, -0.2) is 8.42 Å². The highest BCUT2D eigenvalue weighted by Gasteiger charge is 2.43. The Morgan fingerprint density at radius 2 is 1.72 bits per heavy atom. The maximum Gasteiger partial charge on any atom is 0.243 e. The molecule has 1 atom stereocenters. The van der Waals surface area contributed by atoms with Crippen molar-refractivity contribution in [2.45, 2.75) is 43.7 Å². The highest BCUT2D eigenvalue weighted by atomic mass is 32.2. The molecule has 134 valence electrons. The van der Waals surface area contributed by atoms with Gasteiger partial charge in [0.05, 0.1) is 23.1 Å². The minimum Gasteiger partial charge on any atom is -0.375 e. The Hall–Kier alpha value is -1.69. The number of hydrogen-bond donors (Lipinski definition) is 0. The van der Waals surface area contributed by atoms with E-state index in [1.807, 2.05) is 63.2 Å². The summed E-state index contributed by atoms with van der Waals surface area (Å²) in [4.78, 5) is 0.378. The molecule has 1 heterocycles. The smallest absolute Gasteiger partial charge is 0.243 e. The number of morpholine rings is 1. The van der Waals surface area contributed by atoms with E-state index in [4.69, 9.17) is 4.74 Å². The second kappa shape index (κ2) is 6.90. The maximum absolute atomic E-state index is 13.3. The molecule has 0 saturated carbocycles. The zero-order valence-corrected chi connectivity index (χ0v) is 15.8. The van der Waals surface area contributed by atoms with Crippen LogP contribution in [0, 0.1) is 6.92 Å². The van der Waals surface area contributed by atoms with E-state index in [1.54, 1.807) is 16.4 Å². The van der Waals surface area contributed by atoms with Gasteiger partial charge in [-0.05, 0) is 44.4 Å². The molecule has 1 fully saturated rings. The Morgan fingerprint density at radius 1 is 1.08 bits per heavy atom. The van der Waals surface area contributed by atoms with E-state index in [0.717, 1.165) is 11.1 Å². The minimum atomic E-state index is -3.57. The van der Waals surface area contributed by atoms with Crippen molar-refractivity contribution in [3.8, 4) is 0 Å². The number of aryl methyl sites for hydroxylation is 1. The Kier molecular flexibility index (Phi) is 5.00. The van der Waals surface area contributed by atoms with Crippen LogP contribution in [-0.2, 0) is 21.2 Å². The van der Waals surface area contributed by atoms with Crippen LogP contribution in [-0.4, -0.2) is 37.5 Å². The number of hydrogen-bond acceptors (Lipinski definition) is 3. The van der Waals surface area contributed by atoms with Crippen LogP contribution in [0.4, 0.5) is 0 Å². The molecule has 0 radical (unpaired) electrons. The lowest BCUT2D eigenvalue weighted by Gasteiger charge is -2.44. The third kappa shape index (κ3) is 3.78. The summed E-state index contributed by atoms with van der Waals surface area (Å²) in [6.45, 7) is 6.42. The maximum atomic E-state index is 13.3. The summed E-state index contributed by atoms with van der Waals surface area (Å²) in [5.41, 5.74) is 1.35. The van der Waals surface area contributed by atoms with E-state index in [0.29, 0.717) is 24.5 Å². The molecule has 3 rings (SSSR count). The molecule has 25 heavy (non-hydrogen) atoms. The predicted octanol–water partition coefficient (Wildman–Crippen LogP) is 3.41. The molecular weight excluding hydrogens is 334 g/mol. The first-order valence-corrected chi connectivity index (χ1v) is 9.99. The van der Waals surface area contributed by atoms with Gasteiger partial charge in [0.25, 0.3) is 0 Å². The van der Waals surface area contributed by atoms with Crippen LogP contribution in [0.5, 0.6) is 0 Å². The van der Waals surface area contributed by atoms with E-state index >= 15 is 0 Å². The van der Waals surface area contributed by atoms with Gasteiger partial charge < -0.3 is 4.74 Å². The average Bonchev–Trinajstić information content (AvgIpc) is 2.57. The van der Waals surface area contributed by atoms with Crippen molar-refractivity contribution in [1.29, 1.82) is 0 Å². The van der Waals surface area contributed by atoms with Crippen LogP contribution < -0.4 is 0 Å². The lowest BCUT2D eigenvalue weighted by molar-refractivity contribution is -0.0629. The fourth-order valence-electron chi connectivity index (χ4n) is 3.27. The van der Waals surface area contributed by atoms with Crippen LogP contribution in [0.15, 0.2) is 59.5 Å². The first-order valence-electron chi connectivity index (χ1n) is 8.55. The minimum absolute atomic E-state index is 0.144. The molecule has 2 aromatic carbocycles. The second-order valence-electron chi connectivity index (χ2n) is 7.24. The van der Waals surface area contributed by atoms with Gasteiger partial charge in [0.15, 0.2) is 0 Å². The Bertz CT molecular complexity index is 831. The predicted molar refractivity (Wildman–Crippen MR) is 99.0 cm³/mol. The zero-order valence-electron chi connectivity index (χ0n) is 15.0. The van der Waals surface area contributed by atoms with Crippen molar-refractivity contribution in [3.05, 3.63) is 65.7 Å². The van der Waals surface area contributed by atoms with Crippen LogP contribution in [0.2, 0.25) is 0 Å². The molecule has 1 saturated heterocycles. The van der Waals surface area contributed by atoms with E-state index in [1.165, 1.54) is 0 Å². The standard InChI is InChI=1S/C20H25NO3S/c1-16-9-7-8-12-19(16)25(22,23)21-14-18(24-15-20(21,2)3)13-17-10-5-4-6-11-17/h4-12,18H,13-15H2,1-3H3.